The van der Waals surface area contributed by atoms with E-state index in [1.165, 1.54) is 26.4 Å². The van der Waals surface area contributed by atoms with Crippen LogP contribution in [0.1, 0.15) is 0 Å². The number of nitro benzene ring substituents is 1. The van der Waals surface area contributed by atoms with Gasteiger partial charge in [-0.25, -0.2) is 5.10 Å². The number of rotatable bonds is 4. The normalized spacial score (nSPS) is 10.6. The van der Waals surface area contributed by atoms with E-state index < -0.39 is 4.92 Å². The minimum Gasteiger partial charge on any atom is -0.493 e. The summed E-state index contributed by atoms with van der Waals surface area (Å²) in [5, 5.41) is 18.3. The molecule has 122 valence electrons. The molecule has 0 amide bonds. The van der Waals surface area contributed by atoms with E-state index in [0.717, 1.165) is 0 Å². The van der Waals surface area contributed by atoms with E-state index in [2.05, 4.69) is 10.2 Å². The third kappa shape index (κ3) is 2.54. The van der Waals surface area contributed by atoms with Gasteiger partial charge in [-0.1, -0.05) is 12.1 Å². The van der Waals surface area contributed by atoms with Gasteiger partial charge < -0.3 is 9.47 Å². The van der Waals surface area contributed by atoms with Gasteiger partial charge in [0.15, 0.2) is 11.5 Å². The standard InChI is InChI=1S/C16H13N3O5/c1-23-13-7-11-12(8-14(13)24-2)16(20)18-17-15(11)9-4-3-5-10(6-9)19(21)22/h3-8H,1-2H3,(H,18,20). The number of nitrogens with one attached hydrogen (secondary N) is 1. The lowest BCUT2D eigenvalue weighted by Crippen LogP contribution is -2.10. The Labute approximate surface area is 135 Å². The van der Waals surface area contributed by atoms with Crippen LogP contribution in [0.3, 0.4) is 0 Å². The molecule has 24 heavy (non-hydrogen) atoms. The van der Waals surface area contributed by atoms with Crippen LogP contribution in [0.15, 0.2) is 41.2 Å². The molecule has 0 aliphatic carbocycles. The van der Waals surface area contributed by atoms with E-state index in [4.69, 9.17) is 9.47 Å². The Morgan fingerprint density at radius 1 is 1.08 bits per heavy atom. The highest BCUT2D eigenvalue weighted by atomic mass is 16.6. The van der Waals surface area contributed by atoms with Crippen LogP contribution in [0.2, 0.25) is 0 Å². The zero-order valence-electron chi connectivity index (χ0n) is 12.9. The number of hydrogen-bond donors (Lipinski definition) is 1. The maximum absolute atomic E-state index is 12.1. The van der Waals surface area contributed by atoms with Crippen LogP contribution in [-0.4, -0.2) is 29.3 Å². The van der Waals surface area contributed by atoms with Crippen LogP contribution in [0.5, 0.6) is 11.5 Å². The molecule has 8 heteroatoms. The highest BCUT2D eigenvalue weighted by Gasteiger charge is 2.15. The van der Waals surface area contributed by atoms with Crippen LogP contribution < -0.4 is 15.0 Å². The zero-order chi connectivity index (χ0) is 17.3. The van der Waals surface area contributed by atoms with Gasteiger partial charge in [-0.15, -0.1) is 0 Å². The molecule has 1 N–H and O–H groups in total. The fourth-order valence-electron chi connectivity index (χ4n) is 2.48. The van der Waals surface area contributed by atoms with Crippen molar-refractivity contribution in [3.8, 4) is 22.8 Å². The van der Waals surface area contributed by atoms with Crippen molar-refractivity contribution in [2.45, 2.75) is 0 Å². The zero-order valence-corrected chi connectivity index (χ0v) is 12.9. The summed E-state index contributed by atoms with van der Waals surface area (Å²) >= 11 is 0. The Kier molecular flexibility index (Phi) is 3.87. The van der Waals surface area contributed by atoms with E-state index in [1.807, 2.05) is 0 Å². The number of fused-ring (bicyclic) bond motifs is 1. The molecule has 0 atom stereocenters. The number of aromatic amines is 1. The first kappa shape index (κ1) is 15.5. The van der Waals surface area contributed by atoms with Crippen LogP contribution >= 0.6 is 0 Å². The van der Waals surface area contributed by atoms with Crippen molar-refractivity contribution in [2.24, 2.45) is 0 Å². The average molecular weight is 327 g/mol. The Hall–Kier alpha value is -3.42. The molecule has 0 fully saturated rings. The Balaban J connectivity index is 2.33. The summed E-state index contributed by atoms with van der Waals surface area (Å²) < 4.78 is 10.5. The summed E-state index contributed by atoms with van der Waals surface area (Å²) in [6.07, 6.45) is 0. The van der Waals surface area contributed by atoms with Crippen molar-refractivity contribution >= 4 is 16.5 Å². The van der Waals surface area contributed by atoms with Gasteiger partial charge >= 0.3 is 0 Å². The molecule has 3 aromatic rings. The SMILES string of the molecule is COc1cc2c(-c3cccc([N+](=O)[O-])c3)n[nH]c(=O)c2cc1OC. The summed E-state index contributed by atoms with van der Waals surface area (Å²) in [5.74, 6) is 0.843. The molecule has 8 nitrogen and oxygen atoms in total. The number of nitrogens with zero attached hydrogens (tertiary/aromatic N) is 2. The van der Waals surface area contributed by atoms with Gasteiger partial charge in [0.25, 0.3) is 11.2 Å². The topological polar surface area (TPSA) is 107 Å². The largest absolute Gasteiger partial charge is 0.493 e. The van der Waals surface area contributed by atoms with Gasteiger partial charge in [0, 0.05) is 23.1 Å². The third-order valence-electron chi connectivity index (χ3n) is 3.62. The molecule has 1 heterocycles. The first-order chi connectivity index (χ1) is 11.5. The Morgan fingerprint density at radius 2 is 1.75 bits per heavy atom. The first-order valence-corrected chi connectivity index (χ1v) is 6.94. The maximum atomic E-state index is 12.1. The molecule has 2 aromatic carbocycles. The molecule has 0 saturated heterocycles. The van der Waals surface area contributed by atoms with E-state index >= 15 is 0 Å². The van der Waals surface area contributed by atoms with E-state index in [-0.39, 0.29) is 11.2 Å². The summed E-state index contributed by atoms with van der Waals surface area (Å²) in [4.78, 5) is 22.6. The highest BCUT2D eigenvalue weighted by Crippen LogP contribution is 2.35. The molecule has 1 aromatic heterocycles. The molecule has 0 unspecified atom stereocenters. The second-order valence-corrected chi connectivity index (χ2v) is 4.96. The van der Waals surface area contributed by atoms with Crippen molar-refractivity contribution in [1.82, 2.24) is 10.2 Å². The van der Waals surface area contributed by atoms with Gasteiger partial charge in [0.1, 0.15) is 0 Å². The minimum absolute atomic E-state index is 0.0610. The molecular weight excluding hydrogens is 314 g/mol. The Bertz CT molecular complexity index is 997. The van der Waals surface area contributed by atoms with Gasteiger partial charge in [0.05, 0.1) is 30.2 Å². The summed E-state index contributed by atoms with van der Waals surface area (Å²) in [5.41, 5.74) is 0.473. The van der Waals surface area contributed by atoms with Crippen molar-refractivity contribution in [2.75, 3.05) is 14.2 Å². The van der Waals surface area contributed by atoms with E-state index in [0.29, 0.717) is 33.5 Å². The van der Waals surface area contributed by atoms with Gasteiger partial charge in [-0.3, -0.25) is 14.9 Å². The van der Waals surface area contributed by atoms with Crippen LogP contribution in [-0.2, 0) is 0 Å². The van der Waals surface area contributed by atoms with Crippen molar-refractivity contribution in [3.63, 3.8) is 0 Å². The molecule has 0 aliphatic rings. The predicted molar refractivity (Wildman–Crippen MR) is 87.6 cm³/mol. The van der Waals surface area contributed by atoms with Gasteiger partial charge in [-0.2, -0.15) is 5.10 Å². The van der Waals surface area contributed by atoms with Crippen LogP contribution in [0.25, 0.3) is 22.0 Å². The average Bonchev–Trinajstić information content (AvgIpc) is 2.61. The number of benzene rings is 2. The molecular formula is C16H13N3O5. The number of H-pyrrole nitrogens is 1. The molecule has 3 rings (SSSR count). The first-order valence-electron chi connectivity index (χ1n) is 6.94. The summed E-state index contributed by atoms with van der Waals surface area (Å²) in [7, 11) is 2.96. The fourth-order valence-corrected chi connectivity index (χ4v) is 2.48. The van der Waals surface area contributed by atoms with E-state index in [1.54, 1.807) is 24.3 Å². The lowest BCUT2D eigenvalue weighted by molar-refractivity contribution is -0.384. The van der Waals surface area contributed by atoms with Crippen LogP contribution in [0.4, 0.5) is 5.69 Å². The lowest BCUT2D eigenvalue weighted by atomic mass is 10.0. The predicted octanol–water partition coefficient (Wildman–Crippen LogP) is 2.52. The maximum Gasteiger partial charge on any atom is 0.272 e. The van der Waals surface area contributed by atoms with Crippen molar-refractivity contribution in [1.29, 1.82) is 0 Å². The Morgan fingerprint density at radius 3 is 2.38 bits per heavy atom. The fraction of sp³-hybridized carbons (Fsp3) is 0.125. The second kappa shape index (κ2) is 5.99. The highest BCUT2D eigenvalue weighted by molar-refractivity contribution is 5.96. The number of non-ortho nitro benzene ring substituents is 1. The molecule has 0 aliphatic heterocycles. The number of nitro groups is 1. The van der Waals surface area contributed by atoms with Crippen LogP contribution in [0, 0.1) is 10.1 Å². The number of aromatic nitrogens is 2. The quantitative estimate of drug-likeness (QED) is 0.583. The monoisotopic (exact) mass is 327 g/mol. The number of methoxy groups -OCH3 is 2. The van der Waals surface area contributed by atoms with Gasteiger partial charge in [0.2, 0.25) is 0 Å². The molecule has 0 spiro atoms. The second-order valence-electron chi connectivity index (χ2n) is 4.96. The van der Waals surface area contributed by atoms with E-state index in [9.17, 15) is 14.9 Å². The lowest BCUT2D eigenvalue weighted by Gasteiger charge is -2.11. The molecule has 0 saturated carbocycles. The van der Waals surface area contributed by atoms with Crippen molar-refractivity contribution in [3.05, 3.63) is 56.9 Å². The minimum atomic E-state index is -0.485. The summed E-state index contributed by atoms with van der Waals surface area (Å²) in [6, 6.07) is 9.22. The number of ether oxygens (including phenoxy) is 2. The molecule has 0 radical (unpaired) electrons. The third-order valence-corrected chi connectivity index (χ3v) is 3.62. The smallest absolute Gasteiger partial charge is 0.272 e. The number of hydrogen-bond acceptors (Lipinski definition) is 6. The molecule has 0 bridgehead atoms. The van der Waals surface area contributed by atoms with Gasteiger partial charge in [-0.05, 0) is 12.1 Å². The van der Waals surface area contributed by atoms with Crippen molar-refractivity contribution < 1.29 is 14.4 Å². The summed E-state index contributed by atoms with van der Waals surface area (Å²) in [6.45, 7) is 0.